The lowest BCUT2D eigenvalue weighted by Gasteiger charge is -2.34. The number of carbonyl (C=O) groups is 2. The summed E-state index contributed by atoms with van der Waals surface area (Å²) in [6.45, 7) is 6.94. The van der Waals surface area contributed by atoms with Crippen molar-refractivity contribution in [3.05, 3.63) is 0 Å². The first-order valence-electron chi connectivity index (χ1n) is 8.76. The van der Waals surface area contributed by atoms with Crippen LogP contribution in [0.5, 0.6) is 0 Å². The molecule has 2 amide bonds. The van der Waals surface area contributed by atoms with Crippen LogP contribution in [0.15, 0.2) is 0 Å². The zero-order valence-electron chi connectivity index (χ0n) is 14.0. The Morgan fingerprint density at radius 3 is 2.50 bits per heavy atom. The van der Waals surface area contributed by atoms with Gasteiger partial charge in [-0.15, -0.1) is 0 Å². The van der Waals surface area contributed by atoms with Crippen molar-refractivity contribution in [3.63, 3.8) is 0 Å². The van der Waals surface area contributed by atoms with E-state index in [1.165, 1.54) is 0 Å². The fourth-order valence-corrected chi connectivity index (χ4v) is 3.47. The van der Waals surface area contributed by atoms with E-state index < -0.39 is 0 Å². The highest BCUT2D eigenvalue weighted by molar-refractivity contribution is 5.81. The number of carbonyl (C=O) groups excluding carboxylic acids is 2. The molecule has 0 bridgehead atoms. The Labute approximate surface area is 134 Å². The highest BCUT2D eigenvalue weighted by atomic mass is 16.2. The first kappa shape index (κ1) is 17.3. The Morgan fingerprint density at radius 1 is 1.23 bits per heavy atom. The number of rotatable bonds is 6. The Kier molecular flexibility index (Phi) is 6.24. The van der Waals surface area contributed by atoms with Crippen molar-refractivity contribution in [2.24, 2.45) is 11.3 Å². The van der Waals surface area contributed by atoms with Gasteiger partial charge in [0.15, 0.2) is 0 Å². The molecule has 2 aliphatic rings. The van der Waals surface area contributed by atoms with E-state index in [9.17, 15) is 9.59 Å². The van der Waals surface area contributed by atoms with E-state index in [1.807, 2.05) is 6.92 Å². The van der Waals surface area contributed by atoms with Gasteiger partial charge in [-0.25, -0.2) is 0 Å². The molecule has 0 aromatic heterocycles. The fourth-order valence-electron chi connectivity index (χ4n) is 3.47. The van der Waals surface area contributed by atoms with Gasteiger partial charge in [-0.05, 0) is 51.1 Å². The van der Waals surface area contributed by atoms with Crippen molar-refractivity contribution in [2.45, 2.75) is 64.8 Å². The van der Waals surface area contributed by atoms with Gasteiger partial charge in [-0.3, -0.25) is 9.59 Å². The van der Waals surface area contributed by atoms with Gasteiger partial charge in [-0.2, -0.15) is 0 Å². The quantitative estimate of drug-likeness (QED) is 0.697. The van der Waals surface area contributed by atoms with Gasteiger partial charge >= 0.3 is 0 Å². The van der Waals surface area contributed by atoms with E-state index in [4.69, 9.17) is 0 Å². The normalized spacial score (nSPS) is 23.0. The molecule has 1 atom stereocenters. The van der Waals surface area contributed by atoms with Gasteiger partial charge in [0, 0.05) is 24.9 Å². The molecular formula is C17H31N3O2. The lowest BCUT2D eigenvalue weighted by atomic mass is 9.81. The molecule has 0 radical (unpaired) electrons. The summed E-state index contributed by atoms with van der Waals surface area (Å²) in [5.41, 5.74) is 0.206. The van der Waals surface area contributed by atoms with Crippen LogP contribution in [0.4, 0.5) is 0 Å². The largest absolute Gasteiger partial charge is 0.355 e. The van der Waals surface area contributed by atoms with Gasteiger partial charge in [0.25, 0.3) is 0 Å². The van der Waals surface area contributed by atoms with Crippen molar-refractivity contribution in [1.29, 1.82) is 0 Å². The van der Waals surface area contributed by atoms with Crippen LogP contribution < -0.4 is 16.0 Å². The van der Waals surface area contributed by atoms with Crippen molar-refractivity contribution < 1.29 is 9.59 Å². The van der Waals surface area contributed by atoms with Gasteiger partial charge in [0.2, 0.25) is 11.8 Å². The van der Waals surface area contributed by atoms with Crippen molar-refractivity contribution in [1.82, 2.24) is 16.0 Å². The Hall–Kier alpha value is -1.10. The van der Waals surface area contributed by atoms with Crippen LogP contribution in [0, 0.1) is 11.3 Å². The summed E-state index contributed by atoms with van der Waals surface area (Å²) in [6, 6.07) is -0.0890. The minimum atomic E-state index is -0.0890. The number of amides is 2. The third kappa shape index (κ3) is 5.27. The Morgan fingerprint density at radius 2 is 1.86 bits per heavy atom. The van der Waals surface area contributed by atoms with Crippen LogP contribution in [-0.2, 0) is 9.59 Å². The summed E-state index contributed by atoms with van der Waals surface area (Å²) in [5.74, 6) is 0.334. The maximum Gasteiger partial charge on any atom is 0.223 e. The van der Waals surface area contributed by atoms with Crippen LogP contribution in [0.2, 0.25) is 0 Å². The maximum atomic E-state index is 12.1. The minimum absolute atomic E-state index is 0.0407. The second kappa shape index (κ2) is 7.95. The SMILES string of the molecule is CC(CC(=O)NCC1(C)CCNCC1)NC(=O)C1CCCC1. The molecule has 0 aromatic carbocycles. The fraction of sp³-hybridized carbons (Fsp3) is 0.882. The Bertz CT molecular complexity index is 385. The number of piperidine rings is 1. The molecule has 1 saturated carbocycles. The molecule has 22 heavy (non-hydrogen) atoms. The topological polar surface area (TPSA) is 70.2 Å². The third-order valence-corrected chi connectivity index (χ3v) is 5.13. The van der Waals surface area contributed by atoms with E-state index in [0.717, 1.165) is 58.2 Å². The molecule has 3 N–H and O–H groups in total. The van der Waals surface area contributed by atoms with Crippen LogP contribution in [-0.4, -0.2) is 37.5 Å². The van der Waals surface area contributed by atoms with E-state index in [0.29, 0.717) is 6.42 Å². The Balaban J connectivity index is 1.66. The van der Waals surface area contributed by atoms with Gasteiger partial charge < -0.3 is 16.0 Å². The third-order valence-electron chi connectivity index (χ3n) is 5.13. The first-order valence-corrected chi connectivity index (χ1v) is 8.76. The van der Waals surface area contributed by atoms with E-state index in [2.05, 4.69) is 22.9 Å². The predicted octanol–water partition coefficient (Wildman–Crippen LogP) is 1.58. The smallest absolute Gasteiger partial charge is 0.223 e. The second-order valence-corrected chi connectivity index (χ2v) is 7.43. The zero-order chi connectivity index (χ0) is 16.0. The first-order chi connectivity index (χ1) is 10.5. The van der Waals surface area contributed by atoms with Gasteiger partial charge in [-0.1, -0.05) is 19.8 Å². The highest BCUT2D eigenvalue weighted by Gasteiger charge is 2.28. The standard InChI is InChI=1S/C17H31N3O2/c1-13(20-16(22)14-5-3-4-6-14)11-15(21)19-12-17(2)7-9-18-10-8-17/h13-14,18H,3-12H2,1-2H3,(H,19,21)(H,20,22). The molecule has 126 valence electrons. The molecule has 5 heteroatoms. The molecule has 2 fully saturated rings. The van der Waals surface area contributed by atoms with Crippen molar-refractivity contribution in [2.75, 3.05) is 19.6 Å². The average Bonchev–Trinajstić information content (AvgIpc) is 3.00. The molecule has 1 saturated heterocycles. The summed E-state index contributed by atoms with van der Waals surface area (Å²) in [4.78, 5) is 24.1. The number of nitrogens with one attached hydrogen (secondary N) is 3. The minimum Gasteiger partial charge on any atom is -0.355 e. The van der Waals surface area contributed by atoms with Crippen molar-refractivity contribution in [3.8, 4) is 0 Å². The molecule has 1 aliphatic carbocycles. The van der Waals surface area contributed by atoms with Gasteiger partial charge in [0.05, 0.1) is 0 Å². The summed E-state index contributed by atoms with van der Waals surface area (Å²) < 4.78 is 0. The van der Waals surface area contributed by atoms with Gasteiger partial charge in [0.1, 0.15) is 0 Å². The molecular weight excluding hydrogens is 278 g/mol. The van der Waals surface area contributed by atoms with E-state index in [1.54, 1.807) is 0 Å². The average molecular weight is 309 g/mol. The predicted molar refractivity (Wildman–Crippen MR) is 87.4 cm³/mol. The second-order valence-electron chi connectivity index (χ2n) is 7.43. The zero-order valence-corrected chi connectivity index (χ0v) is 14.0. The summed E-state index contributed by atoms with van der Waals surface area (Å²) in [5, 5.41) is 9.39. The van der Waals surface area contributed by atoms with E-state index in [-0.39, 0.29) is 29.2 Å². The molecule has 1 heterocycles. The molecule has 1 aliphatic heterocycles. The number of hydrogen-bond acceptors (Lipinski definition) is 3. The van der Waals surface area contributed by atoms with Crippen LogP contribution >= 0.6 is 0 Å². The van der Waals surface area contributed by atoms with Crippen LogP contribution in [0.3, 0.4) is 0 Å². The monoisotopic (exact) mass is 309 g/mol. The lowest BCUT2D eigenvalue weighted by Crippen LogP contribution is -2.44. The van der Waals surface area contributed by atoms with Crippen LogP contribution in [0.25, 0.3) is 0 Å². The summed E-state index contributed by atoms with van der Waals surface area (Å²) in [6.07, 6.45) is 6.87. The molecule has 5 nitrogen and oxygen atoms in total. The summed E-state index contributed by atoms with van der Waals surface area (Å²) >= 11 is 0. The molecule has 2 rings (SSSR count). The highest BCUT2D eigenvalue weighted by Crippen LogP contribution is 2.27. The maximum absolute atomic E-state index is 12.1. The molecule has 1 unspecified atom stereocenters. The number of hydrogen-bond donors (Lipinski definition) is 3. The lowest BCUT2D eigenvalue weighted by molar-refractivity contribution is -0.126. The molecule has 0 aromatic rings. The van der Waals surface area contributed by atoms with Crippen molar-refractivity contribution >= 4 is 11.8 Å². The van der Waals surface area contributed by atoms with Crippen LogP contribution in [0.1, 0.15) is 58.8 Å². The van der Waals surface area contributed by atoms with E-state index >= 15 is 0 Å². The molecule has 0 spiro atoms. The summed E-state index contributed by atoms with van der Waals surface area (Å²) in [7, 11) is 0.